The third-order valence-corrected chi connectivity index (χ3v) is 3.36. The molecule has 1 aromatic heterocycles. The summed E-state index contributed by atoms with van der Waals surface area (Å²) >= 11 is 0. The molecule has 0 radical (unpaired) electrons. The Bertz CT molecular complexity index is 680. The van der Waals surface area contributed by atoms with Gasteiger partial charge in [0.2, 0.25) is 0 Å². The molecule has 0 aliphatic heterocycles. The Hall–Kier alpha value is -2.77. The Morgan fingerprint density at radius 1 is 1.17 bits per heavy atom. The fourth-order valence-electron chi connectivity index (χ4n) is 2.04. The van der Waals surface area contributed by atoms with Gasteiger partial charge in [0, 0.05) is 24.9 Å². The minimum atomic E-state index is -0.268. The molecule has 0 aliphatic rings. The summed E-state index contributed by atoms with van der Waals surface area (Å²) in [6.07, 6.45) is 1.95. The van der Waals surface area contributed by atoms with Crippen molar-refractivity contribution in [2.24, 2.45) is 0 Å². The summed E-state index contributed by atoms with van der Waals surface area (Å²) in [5.74, 6) is 1.81. The van der Waals surface area contributed by atoms with Crippen LogP contribution in [0.1, 0.15) is 12.0 Å². The summed E-state index contributed by atoms with van der Waals surface area (Å²) in [7, 11) is 4.89. The first-order valence-corrected chi connectivity index (χ1v) is 7.63. The van der Waals surface area contributed by atoms with Gasteiger partial charge in [-0.25, -0.2) is 9.97 Å². The van der Waals surface area contributed by atoms with Gasteiger partial charge in [-0.15, -0.1) is 0 Å². The van der Waals surface area contributed by atoms with Crippen molar-refractivity contribution in [1.29, 1.82) is 0 Å². The minimum Gasteiger partial charge on any atom is -0.497 e. The number of nitrogens with zero attached hydrogens (tertiary/aromatic N) is 2. The van der Waals surface area contributed by atoms with Crippen molar-refractivity contribution in [2.45, 2.75) is 13.0 Å². The maximum atomic E-state index is 11.2. The first-order chi connectivity index (χ1) is 11.6. The van der Waals surface area contributed by atoms with Gasteiger partial charge in [0.05, 0.1) is 20.6 Å². The number of carbonyl (C=O) groups excluding carboxylic acids is 1. The van der Waals surface area contributed by atoms with Crippen molar-refractivity contribution in [3.8, 4) is 5.75 Å². The van der Waals surface area contributed by atoms with Gasteiger partial charge in [0.1, 0.15) is 5.75 Å². The first kappa shape index (κ1) is 17.6. The molecule has 0 saturated carbocycles. The van der Waals surface area contributed by atoms with E-state index in [0.717, 1.165) is 16.9 Å². The summed E-state index contributed by atoms with van der Waals surface area (Å²) in [6.45, 7) is 1.04. The molecule has 8 heteroatoms. The van der Waals surface area contributed by atoms with Gasteiger partial charge >= 0.3 is 5.97 Å². The molecule has 0 aliphatic carbocycles. The standard InChI is InChI=1S/C16H21BN4O3/c1-23-12-5-3-11(4-6-12)9-19-16-15(20-10-13(17)21-16)18-8-7-14(22)24-2/h3-6,10H,7-9,17H2,1-2H3,(H,18,20)(H,19,21). The van der Waals surface area contributed by atoms with Gasteiger partial charge in [-0.3, -0.25) is 4.79 Å². The van der Waals surface area contributed by atoms with Gasteiger partial charge in [-0.05, 0) is 17.7 Å². The van der Waals surface area contributed by atoms with Crippen LogP contribution in [0.2, 0.25) is 0 Å². The second kappa shape index (κ2) is 8.76. The smallest absolute Gasteiger partial charge is 0.307 e. The van der Waals surface area contributed by atoms with Gasteiger partial charge in [-0.2, -0.15) is 0 Å². The lowest BCUT2D eigenvalue weighted by Gasteiger charge is -2.13. The molecule has 0 amide bonds. The molecule has 0 spiro atoms. The van der Waals surface area contributed by atoms with E-state index in [9.17, 15) is 4.79 Å². The lowest BCUT2D eigenvalue weighted by molar-refractivity contribution is -0.140. The van der Waals surface area contributed by atoms with Crippen LogP contribution >= 0.6 is 0 Å². The third-order valence-electron chi connectivity index (χ3n) is 3.36. The van der Waals surface area contributed by atoms with Gasteiger partial charge in [0.15, 0.2) is 19.5 Å². The lowest BCUT2D eigenvalue weighted by atomic mass is 10.1. The zero-order valence-electron chi connectivity index (χ0n) is 14.1. The molecule has 0 saturated heterocycles. The molecule has 2 rings (SSSR count). The first-order valence-electron chi connectivity index (χ1n) is 7.63. The number of methoxy groups -OCH3 is 2. The maximum absolute atomic E-state index is 11.2. The molecule has 0 atom stereocenters. The van der Waals surface area contributed by atoms with E-state index in [1.54, 1.807) is 13.3 Å². The van der Waals surface area contributed by atoms with Crippen LogP contribution in [0.15, 0.2) is 30.5 Å². The average Bonchev–Trinajstić information content (AvgIpc) is 2.61. The fraction of sp³-hybridized carbons (Fsp3) is 0.312. The van der Waals surface area contributed by atoms with E-state index in [1.807, 2.05) is 32.1 Å². The second-order valence-corrected chi connectivity index (χ2v) is 5.16. The summed E-state index contributed by atoms with van der Waals surface area (Å²) in [5.41, 5.74) is 1.91. The van der Waals surface area contributed by atoms with E-state index in [2.05, 4.69) is 25.3 Å². The van der Waals surface area contributed by atoms with Crippen molar-refractivity contribution < 1.29 is 14.3 Å². The zero-order valence-corrected chi connectivity index (χ0v) is 14.1. The van der Waals surface area contributed by atoms with Crippen molar-refractivity contribution in [3.05, 3.63) is 36.0 Å². The van der Waals surface area contributed by atoms with Crippen LogP contribution in [0.4, 0.5) is 11.6 Å². The molecule has 1 heterocycles. The van der Waals surface area contributed by atoms with E-state index < -0.39 is 0 Å². The lowest BCUT2D eigenvalue weighted by Crippen LogP contribution is -2.18. The molecule has 0 bridgehead atoms. The Kier molecular flexibility index (Phi) is 6.42. The number of aromatic nitrogens is 2. The molecule has 0 unspecified atom stereocenters. The van der Waals surface area contributed by atoms with Crippen molar-refractivity contribution >= 4 is 31.0 Å². The molecule has 7 nitrogen and oxygen atoms in total. The van der Waals surface area contributed by atoms with Gasteiger partial charge in [0.25, 0.3) is 0 Å². The zero-order chi connectivity index (χ0) is 17.4. The van der Waals surface area contributed by atoms with Crippen molar-refractivity contribution in [1.82, 2.24) is 9.97 Å². The number of nitrogens with one attached hydrogen (secondary N) is 2. The SMILES string of the molecule is Bc1cnc(NCCC(=O)OC)c(NCc2ccc(OC)cc2)n1. The minimum absolute atomic E-state index is 0.268. The Labute approximate surface area is 142 Å². The van der Waals surface area contributed by atoms with Gasteiger partial charge in [-0.1, -0.05) is 12.1 Å². The van der Waals surface area contributed by atoms with E-state index in [4.69, 9.17) is 4.74 Å². The number of esters is 1. The Balaban J connectivity index is 1.99. The number of hydrogen-bond donors (Lipinski definition) is 2. The highest BCUT2D eigenvalue weighted by Gasteiger charge is 2.07. The van der Waals surface area contributed by atoms with Crippen molar-refractivity contribution in [2.75, 3.05) is 31.4 Å². The highest BCUT2D eigenvalue weighted by Crippen LogP contribution is 2.16. The summed E-state index contributed by atoms with van der Waals surface area (Å²) < 4.78 is 9.77. The van der Waals surface area contributed by atoms with Crippen LogP contribution in [0.3, 0.4) is 0 Å². The number of hydrogen-bond acceptors (Lipinski definition) is 7. The predicted octanol–water partition coefficient (Wildman–Crippen LogP) is 0.331. The number of benzene rings is 1. The summed E-state index contributed by atoms with van der Waals surface area (Å²) in [4.78, 5) is 20.0. The van der Waals surface area contributed by atoms with E-state index in [0.29, 0.717) is 24.7 Å². The largest absolute Gasteiger partial charge is 0.497 e. The van der Waals surface area contributed by atoms with Crippen LogP contribution in [0.25, 0.3) is 0 Å². The van der Waals surface area contributed by atoms with E-state index in [1.165, 1.54) is 7.11 Å². The Morgan fingerprint density at radius 3 is 2.58 bits per heavy atom. The monoisotopic (exact) mass is 328 g/mol. The number of carbonyl (C=O) groups is 1. The molecule has 0 fully saturated rings. The highest BCUT2D eigenvalue weighted by molar-refractivity contribution is 6.30. The molecule has 2 aromatic rings. The number of rotatable bonds is 8. The molecule has 2 N–H and O–H groups in total. The van der Waals surface area contributed by atoms with E-state index >= 15 is 0 Å². The molecular formula is C16H21BN4O3. The summed E-state index contributed by atoms with van der Waals surface area (Å²) in [6, 6.07) is 7.79. The van der Waals surface area contributed by atoms with E-state index in [-0.39, 0.29) is 12.4 Å². The van der Waals surface area contributed by atoms with Crippen LogP contribution in [0, 0.1) is 0 Å². The van der Waals surface area contributed by atoms with Crippen LogP contribution in [-0.4, -0.2) is 44.5 Å². The summed E-state index contributed by atoms with van der Waals surface area (Å²) in [5, 5.41) is 6.37. The second-order valence-electron chi connectivity index (χ2n) is 5.16. The fourth-order valence-corrected chi connectivity index (χ4v) is 2.04. The number of anilines is 2. The van der Waals surface area contributed by atoms with Crippen LogP contribution in [-0.2, 0) is 16.1 Å². The normalized spacial score (nSPS) is 10.1. The van der Waals surface area contributed by atoms with Crippen LogP contribution in [0.5, 0.6) is 5.75 Å². The quantitative estimate of drug-likeness (QED) is 0.533. The predicted molar refractivity (Wildman–Crippen MR) is 95.7 cm³/mol. The van der Waals surface area contributed by atoms with Crippen molar-refractivity contribution in [3.63, 3.8) is 0 Å². The third kappa shape index (κ3) is 5.15. The van der Waals surface area contributed by atoms with Gasteiger partial charge < -0.3 is 20.1 Å². The van der Waals surface area contributed by atoms with Crippen LogP contribution < -0.4 is 21.0 Å². The molecular weight excluding hydrogens is 307 g/mol. The molecule has 1 aromatic carbocycles. The maximum Gasteiger partial charge on any atom is 0.307 e. The average molecular weight is 328 g/mol. The topological polar surface area (TPSA) is 85.4 Å². The molecule has 126 valence electrons. The molecule has 24 heavy (non-hydrogen) atoms. The number of ether oxygens (including phenoxy) is 2. The highest BCUT2D eigenvalue weighted by atomic mass is 16.5. The Morgan fingerprint density at radius 2 is 1.92 bits per heavy atom.